The van der Waals surface area contributed by atoms with Crippen LogP contribution in [0.15, 0.2) is 0 Å². The third-order valence-electron chi connectivity index (χ3n) is 4.73. The minimum absolute atomic E-state index is 0.358. The van der Waals surface area contributed by atoms with E-state index in [2.05, 4.69) is 37.1 Å². The van der Waals surface area contributed by atoms with E-state index in [0.29, 0.717) is 6.04 Å². The summed E-state index contributed by atoms with van der Waals surface area (Å²) in [6.07, 6.45) is 8.25. The summed E-state index contributed by atoms with van der Waals surface area (Å²) in [6.45, 7) is 8.35. The molecule has 0 aromatic rings. The van der Waals surface area contributed by atoms with Gasteiger partial charge >= 0.3 is 0 Å². The van der Waals surface area contributed by atoms with Crippen molar-refractivity contribution in [2.75, 3.05) is 13.1 Å². The molecule has 0 aromatic carbocycles. The Balaban J connectivity index is 2.01. The van der Waals surface area contributed by atoms with Gasteiger partial charge < -0.3 is 0 Å². The summed E-state index contributed by atoms with van der Waals surface area (Å²) >= 11 is 0. The van der Waals surface area contributed by atoms with Gasteiger partial charge in [0, 0.05) is 18.6 Å². The van der Waals surface area contributed by atoms with Gasteiger partial charge in [-0.15, -0.1) is 0 Å². The van der Waals surface area contributed by atoms with Crippen molar-refractivity contribution in [1.82, 2.24) is 10.2 Å². The van der Waals surface area contributed by atoms with Crippen LogP contribution < -0.4 is 5.32 Å². The molecular weight excluding hydrogens is 234 g/mol. The van der Waals surface area contributed by atoms with Crippen molar-refractivity contribution in [3.8, 4) is 6.07 Å². The largest absolute Gasteiger partial charge is 0.297 e. The summed E-state index contributed by atoms with van der Waals surface area (Å²) in [5.74, 6) is 0.893. The van der Waals surface area contributed by atoms with E-state index in [-0.39, 0.29) is 0 Å². The van der Waals surface area contributed by atoms with E-state index in [1.165, 1.54) is 45.1 Å². The van der Waals surface area contributed by atoms with Gasteiger partial charge in [-0.25, -0.2) is 0 Å². The first kappa shape index (κ1) is 14.8. The number of nitrogens with zero attached hydrogens (tertiary/aromatic N) is 2. The van der Waals surface area contributed by atoms with Gasteiger partial charge in [-0.2, -0.15) is 5.26 Å². The highest BCUT2D eigenvalue weighted by molar-refractivity contribution is 5.07. The van der Waals surface area contributed by atoms with E-state index < -0.39 is 5.54 Å². The maximum atomic E-state index is 9.52. The first-order valence-corrected chi connectivity index (χ1v) is 7.97. The fourth-order valence-electron chi connectivity index (χ4n) is 4.08. The van der Waals surface area contributed by atoms with Crippen molar-refractivity contribution in [3.63, 3.8) is 0 Å². The monoisotopic (exact) mass is 263 g/mol. The van der Waals surface area contributed by atoms with Gasteiger partial charge in [-0.3, -0.25) is 10.2 Å². The Morgan fingerprint density at radius 1 is 1.26 bits per heavy atom. The zero-order valence-electron chi connectivity index (χ0n) is 12.8. The van der Waals surface area contributed by atoms with Crippen LogP contribution in [0.2, 0.25) is 0 Å². The quantitative estimate of drug-likeness (QED) is 0.847. The highest BCUT2D eigenvalue weighted by atomic mass is 15.2. The third-order valence-corrected chi connectivity index (χ3v) is 4.73. The molecule has 0 aromatic heterocycles. The van der Waals surface area contributed by atoms with Crippen molar-refractivity contribution in [2.45, 2.75) is 76.9 Å². The molecule has 1 heterocycles. The highest BCUT2D eigenvalue weighted by Crippen LogP contribution is 2.35. The molecule has 0 amide bonds. The summed E-state index contributed by atoms with van der Waals surface area (Å²) in [7, 11) is 0. The molecule has 1 aliphatic heterocycles. The molecule has 1 N–H and O–H groups in total. The number of nitriles is 1. The molecule has 1 aliphatic carbocycles. The number of hydrogen-bond donors (Lipinski definition) is 1. The maximum absolute atomic E-state index is 9.52. The molecule has 1 saturated carbocycles. The van der Waals surface area contributed by atoms with Crippen LogP contribution in [-0.2, 0) is 0 Å². The van der Waals surface area contributed by atoms with Crippen molar-refractivity contribution >= 4 is 0 Å². The van der Waals surface area contributed by atoms with Crippen LogP contribution in [0.3, 0.4) is 0 Å². The second-order valence-corrected chi connectivity index (χ2v) is 6.97. The highest BCUT2D eigenvalue weighted by Gasteiger charge is 2.37. The summed E-state index contributed by atoms with van der Waals surface area (Å²) in [4.78, 5) is 2.60. The smallest absolute Gasteiger partial charge is 0.116 e. The number of likely N-dealkylation sites (tertiary alicyclic amines) is 1. The number of piperidine rings is 1. The SMILES string of the molecule is CC(C)NC(C)(C#N)CN1CCCC2CCCCC21. The summed E-state index contributed by atoms with van der Waals surface area (Å²) in [5.41, 5.74) is -0.409. The van der Waals surface area contributed by atoms with Crippen molar-refractivity contribution in [1.29, 1.82) is 5.26 Å². The lowest BCUT2D eigenvalue weighted by Crippen LogP contribution is -2.57. The molecule has 0 radical (unpaired) electrons. The summed E-state index contributed by atoms with van der Waals surface area (Å²) < 4.78 is 0. The molecule has 2 aliphatic rings. The molecule has 108 valence electrons. The fourth-order valence-corrected chi connectivity index (χ4v) is 4.08. The molecule has 19 heavy (non-hydrogen) atoms. The number of nitrogens with one attached hydrogen (secondary N) is 1. The van der Waals surface area contributed by atoms with Gasteiger partial charge in [-0.05, 0) is 58.9 Å². The molecule has 2 rings (SSSR count). The van der Waals surface area contributed by atoms with E-state index in [0.717, 1.165) is 18.5 Å². The zero-order valence-corrected chi connectivity index (χ0v) is 12.8. The number of fused-ring (bicyclic) bond motifs is 1. The van der Waals surface area contributed by atoms with Crippen molar-refractivity contribution in [2.24, 2.45) is 5.92 Å². The lowest BCUT2D eigenvalue weighted by Gasteiger charge is -2.46. The van der Waals surface area contributed by atoms with Crippen LogP contribution in [0, 0.1) is 17.2 Å². The first-order chi connectivity index (χ1) is 9.04. The second kappa shape index (κ2) is 6.24. The van der Waals surface area contributed by atoms with Gasteiger partial charge in [-0.1, -0.05) is 12.8 Å². The van der Waals surface area contributed by atoms with Gasteiger partial charge in [0.25, 0.3) is 0 Å². The molecule has 0 spiro atoms. The lowest BCUT2D eigenvalue weighted by atomic mass is 9.78. The van der Waals surface area contributed by atoms with Gasteiger partial charge in [0.05, 0.1) is 6.07 Å². The van der Waals surface area contributed by atoms with Crippen LogP contribution in [-0.4, -0.2) is 35.6 Å². The Labute approximate surface area is 118 Å². The van der Waals surface area contributed by atoms with Gasteiger partial charge in [0.1, 0.15) is 5.54 Å². The van der Waals surface area contributed by atoms with Gasteiger partial charge in [0.15, 0.2) is 0 Å². The predicted molar refractivity (Wildman–Crippen MR) is 78.8 cm³/mol. The Morgan fingerprint density at radius 2 is 1.95 bits per heavy atom. The first-order valence-electron chi connectivity index (χ1n) is 7.97. The van der Waals surface area contributed by atoms with E-state index in [1.807, 2.05) is 0 Å². The molecule has 3 nitrogen and oxygen atoms in total. The predicted octanol–water partition coefficient (Wildman–Crippen LogP) is 2.92. The van der Waals surface area contributed by atoms with E-state index in [1.54, 1.807) is 0 Å². The topological polar surface area (TPSA) is 39.1 Å². The molecule has 0 bridgehead atoms. The number of rotatable bonds is 4. The van der Waals surface area contributed by atoms with Crippen molar-refractivity contribution < 1.29 is 0 Å². The van der Waals surface area contributed by atoms with E-state index in [4.69, 9.17) is 0 Å². The van der Waals surface area contributed by atoms with Crippen LogP contribution in [0.4, 0.5) is 0 Å². The molecule has 3 unspecified atom stereocenters. The third kappa shape index (κ3) is 3.70. The Kier molecular flexibility index (Phi) is 4.86. The van der Waals surface area contributed by atoms with Crippen LogP contribution in [0.5, 0.6) is 0 Å². The Hall–Kier alpha value is -0.590. The van der Waals surface area contributed by atoms with Crippen LogP contribution >= 0.6 is 0 Å². The summed E-state index contributed by atoms with van der Waals surface area (Å²) in [6, 6.07) is 3.60. The van der Waals surface area contributed by atoms with E-state index in [9.17, 15) is 5.26 Å². The maximum Gasteiger partial charge on any atom is 0.116 e. The molecule has 3 heteroatoms. The zero-order chi connectivity index (χ0) is 13.9. The molecule has 2 fully saturated rings. The Bertz CT molecular complexity index is 331. The standard InChI is InChI=1S/C16H29N3/c1-13(2)18-16(3,11-17)12-19-10-6-8-14-7-4-5-9-15(14)19/h13-15,18H,4-10,12H2,1-3H3. The normalized spacial score (nSPS) is 31.5. The van der Waals surface area contributed by atoms with E-state index >= 15 is 0 Å². The second-order valence-electron chi connectivity index (χ2n) is 6.97. The van der Waals surface area contributed by atoms with Crippen molar-refractivity contribution in [3.05, 3.63) is 0 Å². The minimum Gasteiger partial charge on any atom is -0.297 e. The molecule has 3 atom stereocenters. The fraction of sp³-hybridized carbons (Fsp3) is 0.938. The lowest BCUT2D eigenvalue weighted by molar-refractivity contribution is 0.0457. The summed E-state index contributed by atoms with van der Waals surface area (Å²) in [5, 5.41) is 13.0. The molecular formula is C16H29N3. The van der Waals surface area contributed by atoms with Crippen LogP contribution in [0.1, 0.15) is 59.3 Å². The number of hydrogen-bond acceptors (Lipinski definition) is 3. The Morgan fingerprint density at radius 3 is 2.63 bits per heavy atom. The minimum atomic E-state index is -0.409. The average Bonchev–Trinajstić information content (AvgIpc) is 2.38. The molecule has 1 saturated heterocycles. The van der Waals surface area contributed by atoms with Gasteiger partial charge in [0.2, 0.25) is 0 Å². The average molecular weight is 263 g/mol. The van der Waals surface area contributed by atoms with Crippen LogP contribution in [0.25, 0.3) is 0 Å².